The van der Waals surface area contributed by atoms with Crippen molar-refractivity contribution in [3.8, 4) is 0 Å². The van der Waals surface area contributed by atoms with Crippen LogP contribution in [-0.2, 0) is 39.8 Å². The fourth-order valence-electron chi connectivity index (χ4n) is 3.19. The second kappa shape index (κ2) is 13.9. The van der Waals surface area contributed by atoms with Gasteiger partial charge in [-0.1, -0.05) is 30.3 Å². The molecule has 11 nitrogen and oxygen atoms in total. The molecule has 1 rings (SSSR count). The van der Waals surface area contributed by atoms with Crippen LogP contribution >= 0.6 is 0 Å². The number of methoxy groups -OCH3 is 2. The molecule has 3 atom stereocenters. The Hall–Kier alpha value is -3.63. The van der Waals surface area contributed by atoms with E-state index in [-0.39, 0.29) is 25.7 Å². The monoisotopic (exact) mass is 494 g/mol. The molecule has 0 bridgehead atoms. The van der Waals surface area contributed by atoms with Crippen LogP contribution in [0.25, 0.3) is 0 Å². The number of carboxylic acid groups (broad SMARTS) is 1. The van der Waals surface area contributed by atoms with Crippen LogP contribution < -0.4 is 10.6 Å². The summed E-state index contributed by atoms with van der Waals surface area (Å²) in [6.07, 6.45) is -1.30. The van der Waals surface area contributed by atoms with Crippen molar-refractivity contribution in [1.29, 1.82) is 0 Å². The van der Waals surface area contributed by atoms with E-state index in [9.17, 15) is 29.1 Å². The molecule has 1 aromatic rings. The molecule has 0 saturated heterocycles. The number of amides is 2. The van der Waals surface area contributed by atoms with Gasteiger partial charge in [-0.25, -0.2) is 14.4 Å². The molecular weight excluding hydrogens is 460 g/mol. The summed E-state index contributed by atoms with van der Waals surface area (Å²) in [6.45, 7) is 4.97. The van der Waals surface area contributed by atoms with Crippen molar-refractivity contribution in [2.75, 3.05) is 14.2 Å². The lowest BCUT2D eigenvalue weighted by Gasteiger charge is -2.23. The van der Waals surface area contributed by atoms with Gasteiger partial charge in [-0.3, -0.25) is 9.59 Å². The molecule has 11 heteroatoms. The Morgan fingerprint density at radius 1 is 0.914 bits per heavy atom. The second-order valence-corrected chi connectivity index (χ2v) is 8.86. The lowest BCUT2D eigenvalue weighted by atomic mass is 9.92. The molecule has 0 fully saturated rings. The number of hydrogen-bond acceptors (Lipinski definition) is 8. The molecule has 0 aliphatic rings. The molecule has 1 unspecified atom stereocenters. The van der Waals surface area contributed by atoms with Gasteiger partial charge in [0.1, 0.15) is 17.7 Å². The number of aliphatic carboxylic acids is 1. The van der Waals surface area contributed by atoms with Gasteiger partial charge in [0.15, 0.2) is 0 Å². The number of carbonyl (C=O) groups excluding carboxylic acids is 4. The SMILES string of the molecule is COC(=O)[C@H](CC(Cc1ccccc1)C(=O)O)NC(=O)CC[C@H](NC(=O)OC(C)(C)C)C(=O)OC. The third-order valence-corrected chi connectivity index (χ3v) is 4.85. The zero-order chi connectivity index (χ0) is 26.6. The molecule has 0 aliphatic carbocycles. The van der Waals surface area contributed by atoms with E-state index in [0.717, 1.165) is 19.8 Å². The number of rotatable bonds is 12. The van der Waals surface area contributed by atoms with Crippen LogP contribution in [0, 0.1) is 5.92 Å². The Morgan fingerprint density at radius 3 is 2.00 bits per heavy atom. The smallest absolute Gasteiger partial charge is 0.408 e. The van der Waals surface area contributed by atoms with Crippen molar-refractivity contribution in [2.45, 2.75) is 64.1 Å². The van der Waals surface area contributed by atoms with Crippen LogP contribution in [0.5, 0.6) is 0 Å². The minimum Gasteiger partial charge on any atom is -0.481 e. The topological polar surface area (TPSA) is 157 Å². The van der Waals surface area contributed by atoms with Gasteiger partial charge in [-0.15, -0.1) is 0 Å². The van der Waals surface area contributed by atoms with Crippen molar-refractivity contribution >= 4 is 29.9 Å². The van der Waals surface area contributed by atoms with E-state index >= 15 is 0 Å². The number of nitrogens with one attached hydrogen (secondary N) is 2. The first-order chi connectivity index (χ1) is 16.4. The van der Waals surface area contributed by atoms with E-state index in [2.05, 4.69) is 15.4 Å². The van der Waals surface area contributed by atoms with Crippen molar-refractivity contribution in [1.82, 2.24) is 10.6 Å². The number of hydrogen-bond donors (Lipinski definition) is 3. The van der Waals surface area contributed by atoms with Gasteiger partial charge >= 0.3 is 24.0 Å². The van der Waals surface area contributed by atoms with Crippen molar-refractivity contribution in [3.05, 3.63) is 35.9 Å². The summed E-state index contributed by atoms with van der Waals surface area (Å²) in [5, 5.41) is 14.5. The zero-order valence-corrected chi connectivity index (χ0v) is 20.7. The predicted octanol–water partition coefficient (Wildman–Crippen LogP) is 1.82. The first kappa shape index (κ1) is 29.4. The van der Waals surface area contributed by atoms with Gasteiger partial charge < -0.3 is 30.0 Å². The largest absolute Gasteiger partial charge is 0.481 e. The highest BCUT2D eigenvalue weighted by molar-refractivity contribution is 5.86. The molecule has 0 heterocycles. The Kier molecular flexibility index (Phi) is 11.7. The summed E-state index contributed by atoms with van der Waals surface area (Å²) in [4.78, 5) is 60.6. The average Bonchev–Trinajstić information content (AvgIpc) is 2.79. The third-order valence-electron chi connectivity index (χ3n) is 4.85. The highest BCUT2D eigenvalue weighted by atomic mass is 16.6. The van der Waals surface area contributed by atoms with Crippen molar-refractivity contribution in [2.24, 2.45) is 5.92 Å². The fraction of sp³-hybridized carbons (Fsp3) is 0.542. The number of benzene rings is 1. The van der Waals surface area contributed by atoms with Crippen molar-refractivity contribution < 1.29 is 43.3 Å². The Morgan fingerprint density at radius 2 is 1.49 bits per heavy atom. The molecule has 0 spiro atoms. The maximum Gasteiger partial charge on any atom is 0.408 e. The Bertz CT molecular complexity index is 881. The predicted molar refractivity (Wildman–Crippen MR) is 124 cm³/mol. The van der Waals surface area contributed by atoms with Gasteiger partial charge in [-0.2, -0.15) is 0 Å². The van der Waals surface area contributed by atoms with E-state index < -0.39 is 53.5 Å². The minimum atomic E-state index is -1.22. The molecule has 0 aromatic heterocycles. The molecule has 0 aliphatic heterocycles. The third kappa shape index (κ3) is 11.4. The summed E-state index contributed by atoms with van der Waals surface area (Å²) >= 11 is 0. The molecule has 3 N–H and O–H groups in total. The summed E-state index contributed by atoms with van der Waals surface area (Å²) < 4.78 is 14.5. The number of carbonyl (C=O) groups is 5. The highest BCUT2D eigenvalue weighted by Gasteiger charge is 2.30. The summed E-state index contributed by atoms with van der Waals surface area (Å²) in [6, 6.07) is 6.51. The molecule has 0 saturated carbocycles. The van der Waals surface area contributed by atoms with Crippen LogP contribution in [0.2, 0.25) is 0 Å². The van der Waals surface area contributed by atoms with E-state index in [4.69, 9.17) is 9.47 Å². The quantitative estimate of drug-likeness (QED) is 0.291. The molecule has 1 aromatic carbocycles. The van der Waals surface area contributed by atoms with Crippen LogP contribution in [0.3, 0.4) is 0 Å². The standard InChI is InChI=1S/C24H34N2O9/c1-24(2,3)35-23(32)26-17(21(30)33-4)11-12-19(27)25-18(22(31)34-5)14-16(20(28)29)13-15-9-7-6-8-10-15/h6-10,16-18H,11-14H2,1-5H3,(H,25,27)(H,26,32)(H,28,29)/t16?,17-,18-/m0/s1. The molecule has 0 radical (unpaired) electrons. The Balaban J connectivity index is 2.82. The average molecular weight is 495 g/mol. The normalized spacial score (nSPS) is 13.5. The number of esters is 2. The minimum absolute atomic E-state index is 0.141. The van der Waals surface area contributed by atoms with Crippen LogP contribution in [-0.4, -0.2) is 66.9 Å². The van der Waals surface area contributed by atoms with Gasteiger partial charge in [-0.05, 0) is 45.6 Å². The zero-order valence-electron chi connectivity index (χ0n) is 20.7. The summed E-state index contributed by atoms with van der Waals surface area (Å²) in [5.41, 5.74) is -0.0278. The maximum atomic E-state index is 12.6. The van der Waals surface area contributed by atoms with Gasteiger partial charge in [0.25, 0.3) is 0 Å². The van der Waals surface area contributed by atoms with Crippen LogP contribution in [0.4, 0.5) is 4.79 Å². The van der Waals surface area contributed by atoms with Crippen molar-refractivity contribution in [3.63, 3.8) is 0 Å². The highest BCUT2D eigenvalue weighted by Crippen LogP contribution is 2.16. The van der Waals surface area contributed by atoms with Crippen LogP contribution in [0.15, 0.2) is 30.3 Å². The van der Waals surface area contributed by atoms with E-state index in [0.29, 0.717) is 0 Å². The van der Waals surface area contributed by atoms with E-state index in [1.165, 1.54) is 0 Å². The fourth-order valence-corrected chi connectivity index (χ4v) is 3.19. The lowest BCUT2D eigenvalue weighted by molar-refractivity contribution is -0.148. The molecular formula is C24H34N2O9. The number of alkyl carbamates (subject to hydrolysis) is 1. The Labute approximate surface area is 204 Å². The van der Waals surface area contributed by atoms with Crippen LogP contribution in [0.1, 0.15) is 45.6 Å². The van der Waals surface area contributed by atoms with Gasteiger partial charge in [0, 0.05) is 6.42 Å². The first-order valence-corrected chi connectivity index (χ1v) is 11.1. The van der Waals surface area contributed by atoms with E-state index in [1.54, 1.807) is 51.1 Å². The van der Waals surface area contributed by atoms with Gasteiger partial charge in [0.05, 0.1) is 20.1 Å². The molecule has 194 valence electrons. The van der Waals surface area contributed by atoms with Gasteiger partial charge in [0.2, 0.25) is 5.91 Å². The molecule has 2 amide bonds. The van der Waals surface area contributed by atoms with E-state index in [1.807, 2.05) is 0 Å². The maximum absolute atomic E-state index is 12.6. The summed E-state index contributed by atoms with van der Waals surface area (Å²) in [7, 11) is 2.27. The second-order valence-electron chi connectivity index (χ2n) is 8.86. The summed E-state index contributed by atoms with van der Waals surface area (Å²) in [5.74, 6) is -4.29. The first-order valence-electron chi connectivity index (χ1n) is 11.1. The molecule has 35 heavy (non-hydrogen) atoms. The number of carboxylic acids is 1. The lowest BCUT2D eigenvalue weighted by Crippen LogP contribution is -2.46. The number of ether oxygens (including phenoxy) is 3.